The third kappa shape index (κ3) is 4.75. The van der Waals surface area contributed by atoms with Crippen LogP contribution < -0.4 is 0 Å². The van der Waals surface area contributed by atoms with Gasteiger partial charge in [-0.3, -0.25) is 0 Å². The van der Waals surface area contributed by atoms with Gasteiger partial charge in [0.15, 0.2) is 0 Å². The zero-order valence-corrected chi connectivity index (χ0v) is 8.00. The SMILES string of the molecule is C1CCCCC1.[O]=[Sn]. The molecule has 0 spiro atoms. The van der Waals surface area contributed by atoms with Gasteiger partial charge in [0.1, 0.15) is 0 Å². The first-order valence-corrected chi connectivity index (χ1v) is 4.37. The van der Waals surface area contributed by atoms with Crippen LogP contribution >= 0.6 is 0 Å². The Morgan fingerprint density at radius 2 is 0.750 bits per heavy atom. The number of rotatable bonds is 0. The second kappa shape index (κ2) is 7.60. The summed E-state index contributed by atoms with van der Waals surface area (Å²) in [4.78, 5) is 0. The van der Waals surface area contributed by atoms with Crippen LogP contribution in [0.3, 0.4) is 0 Å². The van der Waals surface area contributed by atoms with Crippen molar-refractivity contribution in [3.8, 4) is 0 Å². The van der Waals surface area contributed by atoms with Crippen molar-refractivity contribution in [1.29, 1.82) is 0 Å². The summed E-state index contributed by atoms with van der Waals surface area (Å²) >= 11 is 0.300. The molecule has 1 saturated carbocycles. The van der Waals surface area contributed by atoms with Crippen LogP contribution in [0.2, 0.25) is 0 Å². The molecular formula is C6H12OSn. The van der Waals surface area contributed by atoms with E-state index in [9.17, 15) is 0 Å². The fourth-order valence-corrected chi connectivity index (χ4v) is 1.06. The van der Waals surface area contributed by atoms with Crippen LogP contribution in [-0.2, 0) is 3.08 Å². The summed E-state index contributed by atoms with van der Waals surface area (Å²) < 4.78 is 8.34. The summed E-state index contributed by atoms with van der Waals surface area (Å²) in [7, 11) is 0. The van der Waals surface area contributed by atoms with Crippen LogP contribution in [0.5, 0.6) is 0 Å². The van der Waals surface area contributed by atoms with Crippen LogP contribution in [0, 0.1) is 0 Å². The zero-order valence-electron chi connectivity index (χ0n) is 5.15. The van der Waals surface area contributed by atoms with Crippen molar-refractivity contribution < 1.29 is 3.08 Å². The molecule has 2 heteroatoms. The molecule has 0 aromatic carbocycles. The molecule has 0 amide bonds. The molecule has 0 N–H and O–H groups in total. The average molecular weight is 219 g/mol. The minimum absolute atomic E-state index is 0.300. The van der Waals surface area contributed by atoms with Crippen LogP contribution in [0.4, 0.5) is 0 Å². The van der Waals surface area contributed by atoms with Crippen LogP contribution in [0.25, 0.3) is 0 Å². The molecule has 0 heterocycles. The standard InChI is InChI=1S/C6H12.O.Sn/c1-2-4-6-5-3-1;;/h1-6H2;;. The van der Waals surface area contributed by atoms with E-state index in [1.807, 2.05) is 0 Å². The maximum absolute atomic E-state index is 8.34. The normalized spacial score (nSPS) is 18.5. The van der Waals surface area contributed by atoms with Crippen molar-refractivity contribution in [1.82, 2.24) is 0 Å². The molecule has 2 radical (unpaired) electrons. The molecule has 1 fully saturated rings. The molecular weight excluding hydrogens is 207 g/mol. The summed E-state index contributed by atoms with van der Waals surface area (Å²) in [5, 5.41) is 0. The van der Waals surface area contributed by atoms with E-state index in [2.05, 4.69) is 0 Å². The summed E-state index contributed by atoms with van der Waals surface area (Å²) in [5.74, 6) is 0. The van der Waals surface area contributed by atoms with Crippen molar-refractivity contribution >= 4 is 22.5 Å². The van der Waals surface area contributed by atoms with E-state index >= 15 is 0 Å². The number of hydrogen-bond acceptors (Lipinski definition) is 1. The third-order valence-corrected chi connectivity index (χ3v) is 1.50. The first kappa shape index (κ1) is 8.60. The predicted octanol–water partition coefficient (Wildman–Crippen LogP) is 1.84. The molecule has 0 atom stereocenters. The van der Waals surface area contributed by atoms with Gasteiger partial charge in [-0.2, -0.15) is 0 Å². The second-order valence-corrected chi connectivity index (χ2v) is 2.12. The Bertz CT molecular complexity index is 32.3. The van der Waals surface area contributed by atoms with Crippen molar-refractivity contribution in [3.05, 3.63) is 0 Å². The molecule has 1 aliphatic rings. The molecule has 8 heavy (non-hydrogen) atoms. The summed E-state index contributed by atoms with van der Waals surface area (Å²) in [6, 6.07) is 0. The quantitative estimate of drug-likeness (QED) is 0.568. The van der Waals surface area contributed by atoms with Gasteiger partial charge in [0.05, 0.1) is 0 Å². The first-order valence-electron chi connectivity index (χ1n) is 3.20. The molecule has 46 valence electrons. The van der Waals surface area contributed by atoms with Crippen molar-refractivity contribution in [2.45, 2.75) is 38.5 Å². The van der Waals surface area contributed by atoms with Gasteiger partial charge in [-0.05, 0) is 0 Å². The molecule has 1 rings (SSSR count). The Balaban J connectivity index is 0.000000222. The molecule has 1 aliphatic carbocycles. The van der Waals surface area contributed by atoms with Crippen LogP contribution in [0.1, 0.15) is 38.5 Å². The Kier molecular flexibility index (Phi) is 8.17. The first-order chi connectivity index (χ1) is 4.00. The summed E-state index contributed by atoms with van der Waals surface area (Å²) in [6.45, 7) is 0. The van der Waals surface area contributed by atoms with E-state index in [1.54, 1.807) is 0 Å². The van der Waals surface area contributed by atoms with Crippen molar-refractivity contribution in [3.63, 3.8) is 0 Å². The van der Waals surface area contributed by atoms with E-state index < -0.39 is 0 Å². The maximum atomic E-state index is 8.34. The molecule has 0 aromatic rings. The van der Waals surface area contributed by atoms with Gasteiger partial charge in [-0.25, -0.2) is 0 Å². The third-order valence-electron chi connectivity index (χ3n) is 1.50. The van der Waals surface area contributed by atoms with Gasteiger partial charge in [0.2, 0.25) is 0 Å². The summed E-state index contributed by atoms with van der Waals surface area (Å²) in [5.41, 5.74) is 0. The Morgan fingerprint density at radius 1 is 0.625 bits per heavy atom. The Morgan fingerprint density at radius 3 is 0.875 bits per heavy atom. The second-order valence-electron chi connectivity index (χ2n) is 2.12. The Hall–Kier alpha value is 0.599. The molecule has 0 saturated heterocycles. The van der Waals surface area contributed by atoms with E-state index in [0.717, 1.165) is 0 Å². The average Bonchev–Trinajstić information content (AvgIpc) is 1.96. The van der Waals surface area contributed by atoms with Crippen LogP contribution in [0.15, 0.2) is 0 Å². The fourth-order valence-electron chi connectivity index (χ4n) is 1.06. The molecule has 0 aromatic heterocycles. The molecule has 0 aliphatic heterocycles. The van der Waals surface area contributed by atoms with E-state index in [4.69, 9.17) is 3.08 Å². The van der Waals surface area contributed by atoms with E-state index in [0.29, 0.717) is 22.5 Å². The van der Waals surface area contributed by atoms with E-state index in [1.165, 1.54) is 38.5 Å². The topological polar surface area (TPSA) is 17.1 Å². The summed E-state index contributed by atoms with van der Waals surface area (Å²) in [6.07, 6.45) is 9.00. The van der Waals surface area contributed by atoms with Gasteiger partial charge >= 0.3 is 25.6 Å². The van der Waals surface area contributed by atoms with E-state index in [-0.39, 0.29) is 0 Å². The van der Waals surface area contributed by atoms with Crippen molar-refractivity contribution in [2.24, 2.45) is 0 Å². The Labute approximate surface area is 64.3 Å². The van der Waals surface area contributed by atoms with Crippen molar-refractivity contribution in [2.75, 3.05) is 0 Å². The zero-order chi connectivity index (χ0) is 6.24. The molecule has 1 nitrogen and oxygen atoms in total. The minimum atomic E-state index is 0.300. The van der Waals surface area contributed by atoms with Gasteiger partial charge in [-0.1, -0.05) is 38.5 Å². The fraction of sp³-hybridized carbons (Fsp3) is 1.00. The van der Waals surface area contributed by atoms with Gasteiger partial charge in [0.25, 0.3) is 0 Å². The number of hydrogen-bond donors (Lipinski definition) is 0. The van der Waals surface area contributed by atoms with Crippen LogP contribution in [-0.4, -0.2) is 22.5 Å². The van der Waals surface area contributed by atoms with Gasteiger partial charge in [-0.15, -0.1) is 0 Å². The molecule has 0 unspecified atom stereocenters. The van der Waals surface area contributed by atoms with Gasteiger partial charge in [0, 0.05) is 0 Å². The predicted molar refractivity (Wildman–Crippen MR) is 34.1 cm³/mol. The van der Waals surface area contributed by atoms with Gasteiger partial charge < -0.3 is 0 Å². The monoisotopic (exact) mass is 220 g/mol. The molecule has 0 bridgehead atoms.